The van der Waals surface area contributed by atoms with Gasteiger partial charge in [0.15, 0.2) is 0 Å². The molecule has 0 heterocycles. The molecule has 0 fully saturated rings. The van der Waals surface area contributed by atoms with Crippen LogP contribution in [0, 0.1) is 11.2 Å². The van der Waals surface area contributed by atoms with Crippen molar-refractivity contribution in [1.29, 1.82) is 0 Å². The lowest BCUT2D eigenvalue weighted by atomic mass is 9.87. The molecular weight excluding hydrogens is 247 g/mol. The van der Waals surface area contributed by atoms with Gasteiger partial charge in [-0.15, -0.1) is 11.6 Å². The molecule has 0 aliphatic carbocycles. The predicted octanol–water partition coefficient (Wildman–Crippen LogP) is 5.70. The van der Waals surface area contributed by atoms with Crippen LogP contribution >= 0.6 is 11.6 Å². The number of benzene rings is 2. The lowest BCUT2D eigenvalue weighted by Gasteiger charge is -2.23. The van der Waals surface area contributed by atoms with Crippen molar-refractivity contribution < 1.29 is 4.39 Å². The minimum Gasteiger partial charge on any atom is -0.206 e. The monoisotopic (exact) mass is 264 g/mol. The van der Waals surface area contributed by atoms with Crippen LogP contribution in [0.25, 0.3) is 10.8 Å². The zero-order valence-electron chi connectivity index (χ0n) is 11.0. The van der Waals surface area contributed by atoms with Gasteiger partial charge in [0.1, 0.15) is 5.82 Å². The number of fused-ring (bicyclic) bond motifs is 1. The molecular formula is C16H18ClF. The molecule has 0 aliphatic heterocycles. The van der Waals surface area contributed by atoms with Crippen molar-refractivity contribution in [3.63, 3.8) is 0 Å². The van der Waals surface area contributed by atoms with Crippen LogP contribution in [-0.4, -0.2) is 0 Å². The molecule has 0 radical (unpaired) electrons. The maximum atomic E-state index is 13.7. The van der Waals surface area contributed by atoms with Crippen LogP contribution in [0.4, 0.5) is 4.39 Å². The summed E-state index contributed by atoms with van der Waals surface area (Å²) in [7, 11) is 0. The number of alkyl halides is 1. The van der Waals surface area contributed by atoms with Gasteiger partial charge in [0.2, 0.25) is 0 Å². The van der Waals surface area contributed by atoms with E-state index in [1.165, 1.54) is 6.07 Å². The zero-order valence-corrected chi connectivity index (χ0v) is 11.8. The van der Waals surface area contributed by atoms with E-state index in [1.807, 2.05) is 18.2 Å². The molecule has 0 nitrogen and oxygen atoms in total. The second-order valence-electron chi connectivity index (χ2n) is 5.91. The molecule has 2 aromatic rings. The summed E-state index contributed by atoms with van der Waals surface area (Å²) < 4.78 is 13.7. The molecule has 2 aromatic carbocycles. The van der Waals surface area contributed by atoms with E-state index < -0.39 is 0 Å². The first-order valence-corrected chi connectivity index (χ1v) is 6.63. The fourth-order valence-electron chi connectivity index (χ4n) is 2.21. The van der Waals surface area contributed by atoms with E-state index in [2.05, 4.69) is 20.8 Å². The highest BCUT2D eigenvalue weighted by Gasteiger charge is 2.20. The molecule has 0 amide bonds. The molecule has 1 atom stereocenters. The Kier molecular flexibility index (Phi) is 3.63. The van der Waals surface area contributed by atoms with Gasteiger partial charge in [0, 0.05) is 5.39 Å². The van der Waals surface area contributed by atoms with Crippen LogP contribution in [0.15, 0.2) is 36.4 Å². The van der Waals surface area contributed by atoms with E-state index in [4.69, 9.17) is 11.6 Å². The Bertz CT molecular complexity index is 555. The standard InChI is InChI=1S/C16H18ClF/c1-16(2,3)10-14(17)12-8-9-15(18)13-7-5-4-6-11(12)13/h4-9,14H,10H2,1-3H3. The lowest BCUT2D eigenvalue weighted by Crippen LogP contribution is -2.09. The fourth-order valence-corrected chi connectivity index (χ4v) is 2.86. The Balaban J connectivity index is 2.49. The SMILES string of the molecule is CC(C)(C)CC(Cl)c1ccc(F)c2ccccc12. The molecule has 0 aromatic heterocycles. The van der Waals surface area contributed by atoms with Crippen LogP contribution in [0.1, 0.15) is 38.1 Å². The Morgan fingerprint density at radius 3 is 2.28 bits per heavy atom. The highest BCUT2D eigenvalue weighted by atomic mass is 35.5. The highest BCUT2D eigenvalue weighted by molar-refractivity contribution is 6.21. The molecule has 2 rings (SSSR count). The van der Waals surface area contributed by atoms with Crippen LogP contribution in [-0.2, 0) is 0 Å². The van der Waals surface area contributed by atoms with E-state index in [-0.39, 0.29) is 16.6 Å². The van der Waals surface area contributed by atoms with E-state index in [1.54, 1.807) is 12.1 Å². The first-order chi connectivity index (χ1) is 8.38. The summed E-state index contributed by atoms with van der Waals surface area (Å²) in [5, 5.41) is 1.48. The summed E-state index contributed by atoms with van der Waals surface area (Å²) in [6, 6.07) is 10.8. The quantitative estimate of drug-likeness (QED) is 0.611. The summed E-state index contributed by atoms with van der Waals surface area (Å²) >= 11 is 6.50. The van der Waals surface area contributed by atoms with Gasteiger partial charge < -0.3 is 0 Å². The van der Waals surface area contributed by atoms with Gasteiger partial charge in [-0.2, -0.15) is 0 Å². The van der Waals surface area contributed by atoms with Crippen molar-refractivity contribution in [3.05, 3.63) is 47.8 Å². The first-order valence-electron chi connectivity index (χ1n) is 6.20. The fraction of sp³-hybridized carbons (Fsp3) is 0.375. The maximum absolute atomic E-state index is 13.7. The van der Waals surface area contributed by atoms with Gasteiger partial charge in [-0.3, -0.25) is 0 Å². The third kappa shape index (κ3) is 2.84. The van der Waals surface area contributed by atoms with Gasteiger partial charge in [-0.1, -0.05) is 51.1 Å². The van der Waals surface area contributed by atoms with Crippen molar-refractivity contribution in [2.45, 2.75) is 32.6 Å². The number of hydrogen-bond acceptors (Lipinski definition) is 0. The summed E-state index contributed by atoms with van der Waals surface area (Å²) in [6.45, 7) is 6.48. The second-order valence-corrected chi connectivity index (χ2v) is 6.44. The van der Waals surface area contributed by atoms with Crippen molar-refractivity contribution in [1.82, 2.24) is 0 Å². The number of hydrogen-bond donors (Lipinski definition) is 0. The predicted molar refractivity (Wildman–Crippen MR) is 76.6 cm³/mol. The van der Waals surface area contributed by atoms with E-state index >= 15 is 0 Å². The molecule has 1 unspecified atom stereocenters. The normalized spacial score (nSPS) is 13.8. The third-order valence-electron chi connectivity index (χ3n) is 3.03. The van der Waals surface area contributed by atoms with E-state index in [0.717, 1.165) is 17.4 Å². The van der Waals surface area contributed by atoms with Crippen LogP contribution < -0.4 is 0 Å². The van der Waals surface area contributed by atoms with E-state index in [0.29, 0.717) is 5.39 Å². The molecule has 0 spiro atoms. The van der Waals surface area contributed by atoms with Gasteiger partial charge in [0.05, 0.1) is 5.38 Å². The highest BCUT2D eigenvalue weighted by Crippen LogP contribution is 2.37. The van der Waals surface area contributed by atoms with Crippen molar-refractivity contribution in [2.24, 2.45) is 5.41 Å². The van der Waals surface area contributed by atoms with Crippen LogP contribution in [0.5, 0.6) is 0 Å². The first kappa shape index (κ1) is 13.4. The molecule has 2 heteroatoms. The van der Waals surface area contributed by atoms with Gasteiger partial charge >= 0.3 is 0 Å². The molecule has 18 heavy (non-hydrogen) atoms. The minimum absolute atomic E-state index is 0.0875. The average molecular weight is 265 g/mol. The smallest absolute Gasteiger partial charge is 0.131 e. The van der Waals surface area contributed by atoms with Gasteiger partial charge in [-0.25, -0.2) is 4.39 Å². The Labute approximate surface area is 113 Å². The molecule has 0 saturated carbocycles. The van der Waals surface area contributed by atoms with Crippen LogP contribution in [0.2, 0.25) is 0 Å². The molecule has 0 aliphatic rings. The summed E-state index contributed by atoms with van der Waals surface area (Å²) in [4.78, 5) is 0. The average Bonchev–Trinajstić information content (AvgIpc) is 2.27. The topological polar surface area (TPSA) is 0 Å². The second kappa shape index (κ2) is 4.89. The molecule has 0 saturated heterocycles. The van der Waals surface area contributed by atoms with Crippen LogP contribution in [0.3, 0.4) is 0 Å². The largest absolute Gasteiger partial charge is 0.206 e. The molecule has 0 bridgehead atoms. The van der Waals surface area contributed by atoms with Crippen molar-refractivity contribution in [3.8, 4) is 0 Å². The van der Waals surface area contributed by atoms with Crippen molar-refractivity contribution >= 4 is 22.4 Å². The number of rotatable bonds is 2. The summed E-state index contributed by atoms with van der Waals surface area (Å²) in [6.07, 6.45) is 0.865. The maximum Gasteiger partial charge on any atom is 0.131 e. The Hall–Kier alpha value is -1.08. The summed E-state index contributed by atoms with van der Waals surface area (Å²) in [5.74, 6) is -0.186. The molecule has 96 valence electrons. The molecule has 0 N–H and O–H groups in total. The Morgan fingerprint density at radius 1 is 1.06 bits per heavy atom. The van der Waals surface area contributed by atoms with Gasteiger partial charge in [0.25, 0.3) is 0 Å². The minimum atomic E-state index is -0.186. The third-order valence-corrected chi connectivity index (χ3v) is 3.42. The summed E-state index contributed by atoms with van der Waals surface area (Å²) in [5.41, 5.74) is 1.17. The lowest BCUT2D eigenvalue weighted by molar-refractivity contribution is 0.373. The number of halogens is 2. The van der Waals surface area contributed by atoms with Crippen molar-refractivity contribution in [2.75, 3.05) is 0 Å². The zero-order chi connectivity index (χ0) is 13.3. The van der Waals surface area contributed by atoms with Gasteiger partial charge in [-0.05, 0) is 28.9 Å². The Morgan fingerprint density at radius 2 is 1.67 bits per heavy atom. The van der Waals surface area contributed by atoms with E-state index in [9.17, 15) is 4.39 Å².